The summed E-state index contributed by atoms with van der Waals surface area (Å²) in [6, 6.07) is 0. The lowest BCUT2D eigenvalue weighted by Crippen LogP contribution is -2.32. The van der Waals surface area contributed by atoms with Crippen molar-refractivity contribution in [2.24, 2.45) is 5.41 Å². The van der Waals surface area contributed by atoms with Crippen LogP contribution in [0.15, 0.2) is 0 Å². The summed E-state index contributed by atoms with van der Waals surface area (Å²) in [5.41, 5.74) is 0.100. The number of aromatic nitrogens is 2. The predicted octanol–water partition coefficient (Wildman–Crippen LogP) is 1.67. The van der Waals surface area contributed by atoms with Gasteiger partial charge in [-0.1, -0.05) is 13.8 Å². The zero-order valence-corrected chi connectivity index (χ0v) is 12.0. The first-order valence-electron chi connectivity index (χ1n) is 6.25. The molecule has 18 heavy (non-hydrogen) atoms. The average molecular weight is 271 g/mol. The van der Waals surface area contributed by atoms with Crippen LogP contribution in [0.4, 0.5) is 5.13 Å². The smallest absolute Gasteiger partial charge is 0.205 e. The molecule has 5 nitrogen and oxygen atoms in total. The number of methoxy groups -OCH3 is 1. The minimum Gasteiger partial charge on any atom is -0.393 e. The van der Waals surface area contributed by atoms with Gasteiger partial charge in [-0.2, -0.15) is 4.37 Å². The first-order chi connectivity index (χ1) is 8.50. The Morgan fingerprint density at radius 3 is 3.06 bits per heavy atom. The van der Waals surface area contributed by atoms with Crippen LogP contribution in [0.5, 0.6) is 0 Å². The van der Waals surface area contributed by atoms with Crippen molar-refractivity contribution in [3.63, 3.8) is 0 Å². The van der Waals surface area contributed by atoms with E-state index in [1.54, 1.807) is 7.11 Å². The molecular formula is C12H21N3O2S. The second-order valence-electron chi connectivity index (χ2n) is 5.66. The van der Waals surface area contributed by atoms with E-state index in [0.29, 0.717) is 6.61 Å². The van der Waals surface area contributed by atoms with Crippen molar-refractivity contribution in [3.8, 4) is 0 Å². The van der Waals surface area contributed by atoms with Crippen LogP contribution < -0.4 is 4.90 Å². The van der Waals surface area contributed by atoms with Crippen molar-refractivity contribution in [3.05, 3.63) is 5.82 Å². The maximum atomic E-state index is 9.90. The van der Waals surface area contributed by atoms with Crippen molar-refractivity contribution >= 4 is 16.7 Å². The minimum atomic E-state index is -0.212. The third kappa shape index (κ3) is 3.40. The summed E-state index contributed by atoms with van der Waals surface area (Å²) in [5.74, 6) is 0.736. The van der Waals surface area contributed by atoms with Gasteiger partial charge >= 0.3 is 0 Å². The standard InChI is InChI=1S/C12H21N3O2S/c1-12(2)6-9(16)4-5-15(8-12)11-13-10(7-17-3)14-18-11/h9,16H,4-8H2,1-3H3. The second-order valence-corrected chi connectivity index (χ2v) is 6.39. The molecule has 0 aliphatic carbocycles. The topological polar surface area (TPSA) is 58.5 Å². The Bertz CT molecular complexity index is 394. The SMILES string of the molecule is COCc1nsc(N2CCC(O)CC(C)(C)C2)n1. The molecule has 1 N–H and O–H groups in total. The third-order valence-corrected chi connectivity index (χ3v) is 3.96. The highest BCUT2D eigenvalue weighted by atomic mass is 32.1. The monoisotopic (exact) mass is 271 g/mol. The lowest BCUT2D eigenvalue weighted by atomic mass is 9.87. The van der Waals surface area contributed by atoms with E-state index in [1.807, 2.05) is 0 Å². The van der Waals surface area contributed by atoms with E-state index < -0.39 is 0 Å². The Kier molecular flexibility index (Phi) is 4.19. The van der Waals surface area contributed by atoms with Crippen molar-refractivity contribution in [2.75, 3.05) is 25.1 Å². The van der Waals surface area contributed by atoms with Gasteiger partial charge in [0.15, 0.2) is 5.82 Å². The number of nitrogens with zero attached hydrogens (tertiary/aromatic N) is 3. The molecule has 0 amide bonds. The van der Waals surface area contributed by atoms with E-state index in [9.17, 15) is 5.11 Å². The Morgan fingerprint density at radius 1 is 1.56 bits per heavy atom. The molecule has 2 heterocycles. The Morgan fingerprint density at radius 2 is 2.33 bits per heavy atom. The summed E-state index contributed by atoms with van der Waals surface area (Å²) in [6.45, 7) is 6.57. The van der Waals surface area contributed by atoms with Gasteiger partial charge in [0.05, 0.1) is 6.10 Å². The van der Waals surface area contributed by atoms with Crippen LogP contribution in [0, 0.1) is 5.41 Å². The van der Waals surface area contributed by atoms with Crippen LogP contribution in [0.2, 0.25) is 0 Å². The van der Waals surface area contributed by atoms with Gasteiger partial charge in [0, 0.05) is 31.7 Å². The first kappa shape index (κ1) is 13.7. The van der Waals surface area contributed by atoms with Crippen LogP contribution in [0.25, 0.3) is 0 Å². The number of aliphatic hydroxyl groups is 1. The third-order valence-electron chi connectivity index (χ3n) is 3.14. The van der Waals surface area contributed by atoms with Gasteiger partial charge < -0.3 is 14.7 Å². The van der Waals surface area contributed by atoms with Gasteiger partial charge in [0.25, 0.3) is 0 Å². The molecule has 1 aliphatic heterocycles. The highest BCUT2D eigenvalue weighted by Gasteiger charge is 2.30. The van der Waals surface area contributed by atoms with Crippen LogP contribution in [-0.4, -0.2) is 40.8 Å². The quantitative estimate of drug-likeness (QED) is 0.906. The van der Waals surface area contributed by atoms with Gasteiger partial charge in [-0.15, -0.1) is 0 Å². The number of hydrogen-bond donors (Lipinski definition) is 1. The van der Waals surface area contributed by atoms with E-state index in [-0.39, 0.29) is 11.5 Å². The fourth-order valence-electron chi connectivity index (χ4n) is 2.43. The lowest BCUT2D eigenvalue weighted by Gasteiger charge is -2.29. The number of rotatable bonds is 3. The Hall–Kier alpha value is -0.720. The molecule has 1 aromatic heterocycles. The molecule has 0 radical (unpaired) electrons. The summed E-state index contributed by atoms with van der Waals surface area (Å²) < 4.78 is 9.31. The van der Waals surface area contributed by atoms with Crippen LogP contribution in [0.1, 0.15) is 32.5 Å². The molecule has 0 bridgehead atoms. The van der Waals surface area contributed by atoms with Crippen molar-refractivity contribution in [1.82, 2.24) is 9.36 Å². The summed E-state index contributed by atoms with van der Waals surface area (Å²) in [5, 5.41) is 10.8. The first-order valence-corrected chi connectivity index (χ1v) is 7.02. The van der Waals surface area contributed by atoms with Crippen LogP contribution >= 0.6 is 11.5 Å². The van der Waals surface area contributed by atoms with E-state index in [0.717, 1.165) is 36.9 Å². The molecule has 1 aromatic rings. The number of aliphatic hydroxyl groups excluding tert-OH is 1. The van der Waals surface area contributed by atoms with Gasteiger partial charge in [0.2, 0.25) is 5.13 Å². The fraction of sp³-hybridized carbons (Fsp3) is 0.833. The molecule has 1 aliphatic rings. The largest absolute Gasteiger partial charge is 0.393 e. The Balaban J connectivity index is 2.10. The highest BCUT2D eigenvalue weighted by Crippen LogP contribution is 2.31. The summed E-state index contributed by atoms with van der Waals surface area (Å²) in [7, 11) is 1.64. The van der Waals surface area contributed by atoms with Crippen molar-refractivity contribution in [2.45, 2.75) is 39.4 Å². The average Bonchev–Trinajstić information content (AvgIpc) is 2.67. The number of anilines is 1. The van der Waals surface area contributed by atoms with Gasteiger partial charge in [0.1, 0.15) is 6.61 Å². The molecular weight excluding hydrogens is 250 g/mol. The van der Waals surface area contributed by atoms with Crippen LogP contribution in [0.3, 0.4) is 0 Å². The summed E-state index contributed by atoms with van der Waals surface area (Å²) in [6.07, 6.45) is 1.42. The molecule has 0 spiro atoms. The molecule has 1 fully saturated rings. The van der Waals surface area contributed by atoms with Gasteiger partial charge in [-0.3, -0.25) is 0 Å². The molecule has 0 saturated carbocycles. The van der Waals surface area contributed by atoms with Gasteiger partial charge in [-0.25, -0.2) is 4.98 Å². The number of ether oxygens (including phenoxy) is 1. The molecule has 2 rings (SSSR count). The molecule has 1 atom stereocenters. The van der Waals surface area contributed by atoms with Gasteiger partial charge in [-0.05, 0) is 18.3 Å². The highest BCUT2D eigenvalue weighted by molar-refractivity contribution is 7.09. The lowest BCUT2D eigenvalue weighted by molar-refractivity contribution is 0.123. The zero-order chi connectivity index (χ0) is 13.2. The van der Waals surface area contributed by atoms with Crippen LogP contribution in [-0.2, 0) is 11.3 Å². The molecule has 0 aromatic carbocycles. The predicted molar refractivity (Wildman–Crippen MR) is 71.9 cm³/mol. The minimum absolute atomic E-state index is 0.100. The van der Waals surface area contributed by atoms with E-state index in [4.69, 9.17) is 4.74 Å². The number of hydrogen-bond acceptors (Lipinski definition) is 6. The zero-order valence-electron chi connectivity index (χ0n) is 11.2. The molecule has 1 unspecified atom stereocenters. The normalized spacial score (nSPS) is 24.0. The van der Waals surface area contributed by atoms with E-state index in [1.165, 1.54) is 11.5 Å². The van der Waals surface area contributed by atoms with E-state index >= 15 is 0 Å². The van der Waals surface area contributed by atoms with E-state index in [2.05, 4.69) is 28.1 Å². The van der Waals surface area contributed by atoms with Crippen molar-refractivity contribution < 1.29 is 9.84 Å². The fourth-order valence-corrected chi connectivity index (χ4v) is 3.13. The van der Waals surface area contributed by atoms with Crippen molar-refractivity contribution in [1.29, 1.82) is 0 Å². The molecule has 1 saturated heterocycles. The summed E-state index contributed by atoms with van der Waals surface area (Å²) in [4.78, 5) is 6.71. The summed E-state index contributed by atoms with van der Waals surface area (Å²) >= 11 is 1.41. The molecule has 6 heteroatoms. The maximum Gasteiger partial charge on any atom is 0.205 e. The second kappa shape index (κ2) is 5.50. The molecule has 102 valence electrons. The Labute approximate surface area is 112 Å². The maximum absolute atomic E-state index is 9.90.